The molecule has 0 aliphatic carbocycles. The molecule has 0 saturated heterocycles. The number of nitrogens with one attached hydrogen (secondary N) is 1. The molecule has 0 spiro atoms. The summed E-state index contributed by atoms with van der Waals surface area (Å²) in [5.41, 5.74) is 1.10. The number of anilines is 1. The van der Waals surface area contributed by atoms with Crippen LogP contribution in [0.4, 0.5) is 5.69 Å². The van der Waals surface area contributed by atoms with Crippen molar-refractivity contribution in [3.05, 3.63) is 72.2 Å². The Bertz CT molecular complexity index is 1220. The lowest BCUT2D eigenvalue weighted by Gasteiger charge is -2.21. The number of furan rings is 1. The van der Waals surface area contributed by atoms with Crippen LogP contribution in [0.2, 0.25) is 0 Å². The third kappa shape index (κ3) is 6.36. The molecule has 0 bridgehead atoms. The lowest BCUT2D eigenvalue weighted by molar-refractivity contribution is -0.130. The Balaban J connectivity index is 1.82. The summed E-state index contributed by atoms with van der Waals surface area (Å²) in [6.45, 7) is 3.28. The van der Waals surface area contributed by atoms with Crippen LogP contribution >= 0.6 is 0 Å². The highest BCUT2D eigenvalue weighted by molar-refractivity contribution is 7.87. The van der Waals surface area contributed by atoms with Crippen molar-refractivity contribution in [2.24, 2.45) is 0 Å². The minimum atomic E-state index is -4.18. The Morgan fingerprint density at radius 1 is 1.00 bits per heavy atom. The fourth-order valence-corrected chi connectivity index (χ4v) is 3.98. The molecule has 174 valence electrons. The van der Waals surface area contributed by atoms with Crippen LogP contribution in [0.5, 0.6) is 11.5 Å². The topological polar surface area (TPSA) is 115 Å². The summed E-state index contributed by atoms with van der Waals surface area (Å²) < 4.78 is 41.6. The van der Waals surface area contributed by atoms with Crippen LogP contribution in [0.3, 0.4) is 0 Å². The molecule has 2 amide bonds. The zero-order valence-electron chi connectivity index (χ0n) is 18.4. The molecule has 10 heteroatoms. The zero-order valence-corrected chi connectivity index (χ0v) is 19.2. The summed E-state index contributed by atoms with van der Waals surface area (Å²) in [6, 6.07) is 13.9. The molecule has 0 aliphatic rings. The maximum absolute atomic E-state index is 12.8. The Labute approximate surface area is 192 Å². The normalized spacial score (nSPS) is 11.0. The van der Waals surface area contributed by atoms with Crippen LogP contribution < -0.4 is 14.2 Å². The van der Waals surface area contributed by atoms with Gasteiger partial charge in [-0.3, -0.25) is 9.59 Å². The standard InChI is InChI=1S/C23H24N2O7S/c1-16(26)24-19-7-9-21(10-8-19)33(28,29)32-23-13-18(6-11-22(23)30-3)14-25(17(2)27)15-20-5-4-12-31-20/h4-13H,14-15H2,1-3H3,(H,24,26). The second-order valence-corrected chi connectivity index (χ2v) is 8.73. The van der Waals surface area contributed by atoms with Crippen LogP contribution in [0.1, 0.15) is 25.2 Å². The van der Waals surface area contributed by atoms with Gasteiger partial charge in [-0.2, -0.15) is 8.42 Å². The van der Waals surface area contributed by atoms with E-state index in [1.807, 2.05) is 0 Å². The van der Waals surface area contributed by atoms with Gasteiger partial charge in [-0.05, 0) is 54.1 Å². The van der Waals surface area contributed by atoms with E-state index in [-0.39, 0.29) is 41.3 Å². The van der Waals surface area contributed by atoms with Gasteiger partial charge in [0.15, 0.2) is 11.5 Å². The van der Waals surface area contributed by atoms with E-state index in [9.17, 15) is 18.0 Å². The SMILES string of the molecule is COc1ccc(CN(Cc2ccco2)C(C)=O)cc1OS(=O)(=O)c1ccc(NC(C)=O)cc1. The number of benzene rings is 2. The third-order valence-corrected chi connectivity index (χ3v) is 5.88. The average molecular weight is 473 g/mol. The van der Waals surface area contributed by atoms with Crippen molar-refractivity contribution in [1.82, 2.24) is 4.90 Å². The number of methoxy groups -OCH3 is 1. The molecule has 0 fully saturated rings. The molecular formula is C23H24N2O7S. The fourth-order valence-electron chi connectivity index (χ4n) is 3.05. The van der Waals surface area contributed by atoms with Gasteiger partial charge in [-0.25, -0.2) is 0 Å². The number of carbonyl (C=O) groups excluding carboxylic acids is 2. The molecule has 0 aliphatic heterocycles. The summed E-state index contributed by atoms with van der Waals surface area (Å²) in [5, 5.41) is 2.57. The predicted molar refractivity (Wildman–Crippen MR) is 120 cm³/mol. The highest BCUT2D eigenvalue weighted by Crippen LogP contribution is 2.31. The van der Waals surface area contributed by atoms with Crippen molar-refractivity contribution in [3.8, 4) is 11.5 Å². The average Bonchev–Trinajstić information content (AvgIpc) is 3.26. The molecule has 1 aromatic heterocycles. The van der Waals surface area contributed by atoms with E-state index in [1.165, 1.54) is 57.6 Å². The van der Waals surface area contributed by atoms with E-state index >= 15 is 0 Å². The first-order chi connectivity index (χ1) is 15.7. The Kier molecular flexibility index (Phi) is 7.39. The number of hydrogen-bond donors (Lipinski definition) is 1. The van der Waals surface area contributed by atoms with E-state index in [2.05, 4.69) is 5.32 Å². The molecule has 9 nitrogen and oxygen atoms in total. The summed E-state index contributed by atoms with van der Waals surface area (Å²) in [7, 11) is -2.78. The van der Waals surface area contributed by atoms with E-state index in [0.717, 1.165) is 0 Å². The van der Waals surface area contributed by atoms with Gasteiger partial charge in [-0.1, -0.05) is 6.07 Å². The van der Waals surface area contributed by atoms with Gasteiger partial charge < -0.3 is 23.6 Å². The van der Waals surface area contributed by atoms with E-state index in [1.54, 1.807) is 29.2 Å². The van der Waals surface area contributed by atoms with Crippen molar-refractivity contribution in [2.75, 3.05) is 12.4 Å². The Morgan fingerprint density at radius 3 is 2.30 bits per heavy atom. The van der Waals surface area contributed by atoms with Gasteiger partial charge in [0.05, 0.1) is 19.9 Å². The minimum Gasteiger partial charge on any atom is -0.493 e. The van der Waals surface area contributed by atoms with Crippen molar-refractivity contribution in [3.63, 3.8) is 0 Å². The number of amides is 2. The van der Waals surface area contributed by atoms with Crippen LogP contribution in [0.15, 0.2) is 70.2 Å². The van der Waals surface area contributed by atoms with Crippen molar-refractivity contribution < 1.29 is 31.3 Å². The molecular weight excluding hydrogens is 448 g/mol. The van der Waals surface area contributed by atoms with E-state index in [4.69, 9.17) is 13.3 Å². The number of carbonyl (C=O) groups is 2. The first-order valence-electron chi connectivity index (χ1n) is 9.95. The fraction of sp³-hybridized carbons (Fsp3) is 0.217. The van der Waals surface area contributed by atoms with E-state index in [0.29, 0.717) is 17.0 Å². The second-order valence-electron chi connectivity index (χ2n) is 7.18. The molecule has 0 atom stereocenters. The van der Waals surface area contributed by atoms with Crippen molar-refractivity contribution in [1.29, 1.82) is 0 Å². The van der Waals surface area contributed by atoms with Gasteiger partial charge in [0.25, 0.3) is 0 Å². The number of nitrogens with zero attached hydrogens (tertiary/aromatic N) is 1. The monoisotopic (exact) mass is 472 g/mol. The van der Waals surface area contributed by atoms with Gasteiger partial charge in [-0.15, -0.1) is 0 Å². The lowest BCUT2D eigenvalue weighted by Crippen LogP contribution is -2.27. The smallest absolute Gasteiger partial charge is 0.339 e. The molecule has 1 heterocycles. The van der Waals surface area contributed by atoms with Crippen LogP contribution in [0.25, 0.3) is 0 Å². The predicted octanol–water partition coefficient (Wildman–Crippen LogP) is 3.56. The summed E-state index contributed by atoms with van der Waals surface area (Å²) in [4.78, 5) is 24.7. The van der Waals surface area contributed by atoms with E-state index < -0.39 is 10.1 Å². The molecule has 3 rings (SSSR count). The molecule has 1 N–H and O–H groups in total. The number of hydrogen-bond acceptors (Lipinski definition) is 7. The molecule has 3 aromatic rings. The lowest BCUT2D eigenvalue weighted by atomic mass is 10.2. The molecule has 0 unspecified atom stereocenters. The van der Waals surface area contributed by atoms with Gasteiger partial charge in [0.1, 0.15) is 10.7 Å². The first kappa shape index (κ1) is 23.9. The molecule has 2 aromatic carbocycles. The maximum Gasteiger partial charge on any atom is 0.339 e. The van der Waals surface area contributed by atoms with Crippen molar-refractivity contribution in [2.45, 2.75) is 31.8 Å². The van der Waals surface area contributed by atoms with Crippen molar-refractivity contribution >= 4 is 27.6 Å². The summed E-state index contributed by atoms with van der Waals surface area (Å²) in [5.74, 6) is 0.396. The molecule has 0 saturated carbocycles. The number of ether oxygens (including phenoxy) is 1. The van der Waals surface area contributed by atoms with Gasteiger partial charge in [0, 0.05) is 26.1 Å². The van der Waals surface area contributed by atoms with Gasteiger partial charge in [0.2, 0.25) is 11.8 Å². The minimum absolute atomic E-state index is 0.0116. The quantitative estimate of drug-likeness (QED) is 0.474. The summed E-state index contributed by atoms with van der Waals surface area (Å²) in [6.07, 6.45) is 1.53. The molecule has 33 heavy (non-hydrogen) atoms. The van der Waals surface area contributed by atoms with Crippen LogP contribution in [-0.4, -0.2) is 32.2 Å². The van der Waals surface area contributed by atoms with Crippen LogP contribution in [-0.2, 0) is 32.8 Å². The third-order valence-electron chi connectivity index (χ3n) is 4.64. The van der Waals surface area contributed by atoms with Crippen LogP contribution in [0, 0.1) is 0 Å². The number of rotatable bonds is 9. The molecule has 0 radical (unpaired) electrons. The largest absolute Gasteiger partial charge is 0.493 e. The Hall–Kier alpha value is -3.79. The first-order valence-corrected chi connectivity index (χ1v) is 11.4. The summed E-state index contributed by atoms with van der Waals surface area (Å²) >= 11 is 0. The maximum atomic E-state index is 12.8. The second kappa shape index (κ2) is 10.2. The highest BCUT2D eigenvalue weighted by Gasteiger charge is 2.21. The zero-order chi connectivity index (χ0) is 24.0. The van der Waals surface area contributed by atoms with Gasteiger partial charge >= 0.3 is 10.1 Å². The Morgan fingerprint density at radius 2 is 1.73 bits per heavy atom. The highest BCUT2D eigenvalue weighted by atomic mass is 32.2.